The van der Waals surface area contributed by atoms with Crippen molar-refractivity contribution in [2.24, 2.45) is 5.41 Å². The fraction of sp³-hybridized carbons (Fsp3) is 0.923. The Morgan fingerprint density at radius 3 is 2.31 bits per heavy atom. The molecule has 0 aromatic carbocycles. The maximum absolute atomic E-state index is 11.5. The molecule has 0 fully saturated rings. The topological polar surface area (TPSA) is 38.3 Å². The summed E-state index contributed by atoms with van der Waals surface area (Å²) >= 11 is 0. The van der Waals surface area contributed by atoms with E-state index in [1.165, 1.54) is 12.8 Å². The van der Waals surface area contributed by atoms with E-state index in [4.69, 9.17) is 4.74 Å². The third-order valence-corrected chi connectivity index (χ3v) is 2.29. The Labute approximate surface area is 99.9 Å². The van der Waals surface area contributed by atoms with Crippen molar-refractivity contribution < 1.29 is 9.53 Å². The molecular weight excluding hydrogens is 202 g/mol. The molecule has 0 rings (SSSR count). The van der Waals surface area contributed by atoms with Crippen LogP contribution in [-0.2, 0) is 9.53 Å². The Morgan fingerprint density at radius 2 is 1.75 bits per heavy atom. The van der Waals surface area contributed by atoms with Gasteiger partial charge in [0, 0.05) is 26.7 Å². The number of nitrogens with one attached hydrogen (secondary N) is 1. The van der Waals surface area contributed by atoms with Gasteiger partial charge < -0.3 is 10.1 Å². The van der Waals surface area contributed by atoms with Crippen molar-refractivity contribution in [1.29, 1.82) is 0 Å². The number of ether oxygens (including phenoxy) is 1. The van der Waals surface area contributed by atoms with Crippen LogP contribution in [0.5, 0.6) is 0 Å². The number of carbonyl (C=O) groups is 1. The third kappa shape index (κ3) is 11.5. The van der Waals surface area contributed by atoms with E-state index in [9.17, 15) is 4.79 Å². The predicted octanol–water partition coefficient (Wildman–Crippen LogP) is 2.75. The van der Waals surface area contributed by atoms with Gasteiger partial charge in [-0.25, -0.2) is 0 Å². The summed E-state index contributed by atoms with van der Waals surface area (Å²) < 4.78 is 4.97. The van der Waals surface area contributed by atoms with Crippen LogP contribution in [0.15, 0.2) is 0 Å². The summed E-state index contributed by atoms with van der Waals surface area (Å²) in [6.07, 6.45) is 5.14. The minimum Gasteiger partial charge on any atom is -0.385 e. The fourth-order valence-corrected chi connectivity index (χ4v) is 1.50. The molecule has 0 saturated carbocycles. The first-order valence-corrected chi connectivity index (χ1v) is 6.21. The molecule has 3 nitrogen and oxygen atoms in total. The van der Waals surface area contributed by atoms with Crippen molar-refractivity contribution in [3.05, 3.63) is 0 Å². The molecule has 0 aliphatic carbocycles. The van der Waals surface area contributed by atoms with Gasteiger partial charge in [0.15, 0.2) is 0 Å². The van der Waals surface area contributed by atoms with Crippen molar-refractivity contribution in [2.75, 3.05) is 20.3 Å². The molecule has 16 heavy (non-hydrogen) atoms. The molecule has 0 atom stereocenters. The maximum Gasteiger partial charge on any atom is 0.220 e. The molecule has 3 heteroatoms. The first kappa shape index (κ1) is 15.4. The van der Waals surface area contributed by atoms with Crippen molar-refractivity contribution in [3.8, 4) is 0 Å². The van der Waals surface area contributed by atoms with Crippen molar-refractivity contribution in [2.45, 2.75) is 52.9 Å². The minimum atomic E-state index is 0.0859. The largest absolute Gasteiger partial charge is 0.385 e. The second kappa shape index (κ2) is 8.57. The molecule has 1 amide bonds. The summed E-state index contributed by atoms with van der Waals surface area (Å²) in [5.41, 5.74) is 0.0859. The van der Waals surface area contributed by atoms with Gasteiger partial charge in [0.05, 0.1) is 0 Å². The van der Waals surface area contributed by atoms with E-state index in [0.717, 1.165) is 26.0 Å². The number of hydrogen-bond donors (Lipinski definition) is 1. The number of methoxy groups -OCH3 is 1. The molecule has 0 aromatic rings. The summed E-state index contributed by atoms with van der Waals surface area (Å²) in [7, 11) is 1.73. The average Bonchev–Trinajstić information content (AvgIpc) is 2.13. The van der Waals surface area contributed by atoms with E-state index >= 15 is 0 Å². The van der Waals surface area contributed by atoms with Crippen LogP contribution in [0.4, 0.5) is 0 Å². The zero-order chi connectivity index (χ0) is 12.4. The van der Waals surface area contributed by atoms with Crippen LogP contribution < -0.4 is 5.32 Å². The quantitative estimate of drug-likeness (QED) is 0.650. The van der Waals surface area contributed by atoms with Gasteiger partial charge in [0.25, 0.3) is 0 Å². The smallest absolute Gasteiger partial charge is 0.220 e. The molecule has 1 N–H and O–H groups in total. The van der Waals surface area contributed by atoms with Gasteiger partial charge in [-0.3, -0.25) is 4.79 Å². The number of carbonyl (C=O) groups excluding carboxylic acids is 1. The summed E-state index contributed by atoms with van der Waals surface area (Å²) in [6, 6.07) is 0. The Kier molecular flexibility index (Phi) is 8.26. The van der Waals surface area contributed by atoms with Gasteiger partial charge in [0.1, 0.15) is 0 Å². The maximum atomic E-state index is 11.5. The molecule has 96 valence electrons. The van der Waals surface area contributed by atoms with E-state index in [1.54, 1.807) is 7.11 Å². The third-order valence-electron chi connectivity index (χ3n) is 2.29. The van der Waals surface area contributed by atoms with E-state index in [2.05, 4.69) is 26.1 Å². The van der Waals surface area contributed by atoms with Crippen LogP contribution in [0, 0.1) is 5.41 Å². The number of unbranched alkanes of at least 4 members (excludes halogenated alkanes) is 3. The molecule has 0 aliphatic heterocycles. The Morgan fingerprint density at radius 1 is 1.12 bits per heavy atom. The molecule has 0 heterocycles. The molecule has 0 aliphatic rings. The highest BCUT2D eigenvalue weighted by Gasteiger charge is 2.14. The van der Waals surface area contributed by atoms with Gasteiger partial charge in [-0.05, 0) is 18.3 Å². The lowest BCUT2D eigenvalue weighted by molar-refractivity contribution is -0.122. The lowest BCUT2D eigenvalue weighted by Gasteiger charge is -2.17. The van der Waals surface area contributed by atoms with Crippen LogP contribution in [0.1, 0.15) is 52.9 Å². The predicted molar refractivity (Wildman–Crippen MR) is 67.4 cm³/mol. The van der Waals surface area contributed by atoms with Crippen LogP contribution >= 0.6 is 0 Å². The summed E-state index contributed by atoms with van der Waals surface area (Å²) in [5.74, 6) is 0.171. The van der Waals surface area contributed by atoms with Crippen LogP contribution in [-0.4, -0.2) is 26.2 Å². The van der Waals surface area contributed by atoms with Gasteiger partial charge in [-0.1, -0.05) is 33.6 Å². The summed E-state index contributed by atoms with van der Waals surface area (Å²) in [5, 5.41) is 2.96. The lowest BCUT2D eigenvalue weighted by atomic mass is 9.92. The highest BCUT2D eigenvalue weighted by atomic mass is 16.5. The highest BCUT2D eigenvalue weighted by molar-refractivity contribution is 5.76. The second-order valence-corrected chi connectivity index (χ2v) is 5.49. The molecule has 0 aromatic heterocycles. The van der Waals surface area contributed by atoms with Crippen LogP contribution in [0.3, 0.4) is 0 Å². The normalized spacial score (nSPS) is 11.5. The molecule has 0 saturated heterocycles. The Bertz CT molecular complexity index is 185. The number of amides is 1. The van der Waals surface area contributed by atoms with Crippen molar-refractivity contribution in [1.82, 2.24) is 5.32 Å². The van der Waals surface area contributed by atoms with Gasteiger partial charge >= 0.3 is 0 Å². The molecule has 0 radical (unpaired) electrons. The highest BCUT2D eigenvalue weighted by Crippen LogP contribution is 2.17. The molecule has 0 spiro atoms. The van der Waals surface area contributed by atoms with Gasteiger partial charge in [-0.15, -0.1) is 0 Å². The fourth-order valence-electron chi connectivity index (χ4n) is 1.50. The second-order valence-electron chi connectivity index (χ2n) is 5.49. The molecule has 0 bridgehead atoms. The first-order chi connectivity index (χ1) is 7.45. The average molecular weight is 229 g/mol. The lowest BCUT2D eigenvalue weighted by Crippen LogP contribution is -2.28. The number of hydrogen-bond acceptors (Lipinski definition) is 2. The van der Waals surface area contributed by atoms with E-state index < -0.39 is 0 Å². The van der Waals surface area contributed by atoms with Gasteiger partial charge in [0.2, 0.25) is 5.91 Å². The Hall–Kier alpha value is -0.570. The summed E-state index contributed by atoms with van der Waals surface area (Å²) in [6.45, 7) is 7.89. The number of rotatable bonds is 8. The van der Waals surface area contributed by atoms with Crippen molar-refractivity contribution in [3.63, 3.8) is 0 Å². The monoisotopic (exact) mass is 229 g/mol. The van der Waals surface area contributed by atoms with E-state index in [1.807, 2.05) is 0 Å². The van der Waals surface area contributed by atoms with Gasteiger partial charge in [-0.2, -0.15) is 0 Å². The SMILES string of the molecule is COCCCCCCNC(=O)CC(C)(C)C. The summed E-state index contributed by atoms with van der Waals surface area (Å²) in [4.78, 5) is 11.5. The zero-order valence-electron chi connectivity index (χ0n) is 11.3. The standard InChI is InChI=1S/C13H27NO2/c1-13(2,3)11-12(15)14-9-7-5-6-8-10-16-4/h5-11H2,1-4H3,(H,14,15). The molecule has 0 unspecified atom stereocenters. The van der Waals surface area contributed by atoms with E-state index in [0.29, 0.717) is 6.42 Å². The molecular formula is C13H27NO2. The van der Waals surface area contributed by atoms with Crippen LogP contribution in [0.25, 0.3) is 0 Å². The minimum absolute atomic E-state index is 0.0859. The zero-order valence-corrected chi connectivity index (χ0v) is 11.3. The van der Waals surface area contributed by atoms with Crippen LogP contribution in [0.2, 0.25) is 0 Å². The van der Waals surface area contributed by atoms with Crippen molar-refractivity contribution >= 4 is 5.91 Å². The Balaban J connectivity index is 3.28. The van der Waals surface area contributed by atoms with E-state index in [-0.39, 0.29) is 11.3 Å². The first-order valence-electron chi connectivity index (χ1n) is 6.21.